The number of ether oxygens (including phenoxy) is 1. The molecule has 0 fully saturated rings. The molecule has 8 heteroatoms. The first kappa shape index (κ1) is 27.3. The number of rotatable bonds is 5. The Morgan fingerprint density at radius 2 is 1.83 bits per heavy atom. The molecule has 1 aromatic heterocycles. The maximum Gasteiger partial charge on any atom is 0.410 e. The highest BCUT2D eigenvalue weighted by Crippen LogP contribution is 2.30. The van der Waals surface area contributed by atoms with Crippen molar-refractivity contribution in [2.24, 2.45) is 0 Å². The van der Waals surface area contributed by atoms with Gasteiger partial charge >= 0.3 is 6.09 Å². The fourth-order valence-corrected chi connectivity index (χ4v) is 4.50. The Labute approximate surface area is 215 Å². The number of amides is 1. The first-order valence-corrected chi connectivity index (χ1v) is 12.5. The molecule has 0 spiro atoms. The normalized spacial score (nSPS) is 12.5. The fraction of sp³-hybridized carbons (Fsp3) is 0.321. The molecule has 0 bridgehead atoms. The number of benzene rings is 2. The second-order valence-corrected chi connectivity index (χ2v) is 11.3. The van der Waals surface area contributed by atoms with E-state index in [0.717, 1.165) is 0 Å². The largest absolute Gasteiger partial charge is 0.587 e. The van der Waals surface area contributed by atoms with E-state index in [4.69, 9.17) is 4.74 Å². The van der Waals surface area contributed by atoms with Crippen molar-refractivity contribution in [3.05, 3.63) is 77.7 Å². The SMILES string of the molecule is CN(Cc1cc(-c2ccccc2F)n([S+]([O-])c2cccc(C#CC(C)(C)O)c2)c1)C(=O)OC(C)(C)C. The molecule has 0 saturated heterocycles. The van der Waals surface area contributed by atoms with Crippen molar-refractivity contribution in [2.75, 3.05) is 7.05 Å². The summed E-state index contributed by atoms with van der Waals surface area (Å²) >= 11 is -1.74. The van der Waals surface area contributed by atoms with Crippen molar-refractivity contribution in [3.8, 4) is 23.1 Å². The van der Waals surface area contributed by atoms with Gasteiger partial charge in [0.15, 0.2) is 4.90 Å². The van der Waals surface area contributed by atoms with Crippen molar-refractivity contribution < 1.29 is 23.6 Å². The number of hydrogen-bond acceptors (Lipinski definition) is 4. The van der Waals surface area contributed by atoms with Gasteiger partial charge in [-0.2, -0.15) is 3.97 Å². The summed E-state index contributed by atoms with van der Waals surface area (Å²) in [5.74, 6) is 5.18. The van der Waals surface area contributed by atoms with E-state index in [2.05, 4.69) is 11.8 Å². The Morgan fingerprint density at radius 1 is 1.14 bits per heavy atom. The highest BCUT2D eigenvalue weighted by Gasteiger charge is 2.25. The van der Waals surface area contributed by atoms with Crippen LogP contribution in [-0.4, -0.2) is 42.9 Å². The minimum absolute atomic E-state index is 0.178. The number of hydrogen-bond donors (Lipinski definition) is 1. The van der Waals surface area contributed by atoms with Crippen molar-refractivity contribution in [3.63, 3.8) is 0 Å². The molecule has 0 aliphatic rings. The Kier molecular flexibility index (Phi) is 8.19. The van der Waals surface area contributed by atoms with Crippen LogP contribution >= 0.6 is 0 Å². The van der Waals surface area contributed by atoms with Gasteiger partial charge in [-0.3, -0.25) is 0 Å². The molecule has 6 nitrogen and oxygen atoms in total. The molecular formula is C28H31FN2O4S. The highest BCUT2D eigenvalue weighted by molar-refractivity contribution is 7.90. The van der Waals surface area contributed by atoms with Crippen LogP contribution in [0.2, 0.25) is 0 Å². The van der Waals surface area contributed by atoms with Crippen LogP contribution in [-0.2, 0) is 22.6 Å². The van der Waals surface area contributed by atoms with Gasteiger partial charge in [0.1, 0.15) is 34.1 Å². The van der Waals surface area contributed by atoms with Gasteiger partial charge in [0, 0.05) is 24.2 Å². The summed E-state index contributed by atoms with van der Waals surface area (Å²) in [5.41, 5.74) is 0.140. The number of aromatic nitrogens is 1. The number of aliphatic hydroxyl groups is 1. The zero-order valence-corrected chi connectivity index (χ0v) is 22.1. The quantitative estimate of drug-likeness (QED) is 0.371. The van der Waals surface area contributed by atoms with Crippen LogP contribution in [0.1, 0.15) is 45.7 Å². The van der Waals surface area contributed by atoms with Crippen molar-refractivity contribution in [1.29, 1.82) is 0 Å². The lowest BCUT2D eigenvalue weighted by molar-refractivity contribution is 0.0285. The van der Waals surface area contributed by atoms with E-state index in [1.807, 2.05) is 0 Å². The zero-order valence-electron chi connectivity index (χ0n) is 21.3. The van der Waals surface area contributed by atoms with E-state index >= 15 is 0 Å². The van der Waals surface area contributed by atoms with E-state index in [1.54, 1.807) is 96.4 Å². The number of carbonyl (C=O) groups excluding carboxylic acids is 1. The molecule has 36 heavy (non-hydrogen) atoms. The standard InChI is InChI=1S/C28H31FN2O4S/c1-27(2,3)35-26(32)30(6)18-21-17-25(23-12-7-8-13-24(23)29)31(19-21)36(34)22-11-9-10-20(16-22)14-15-28(4,5)33/h7-13,16-17,19,33H,18H2,1-6H3. The molecule has 1 unspecified atom stereocenters. The predicted octanol–water partition coefficient (Wildman–Crippen LogP) is 5.35. The summed E-state index contributed by atoms with van der Waals surface area (Å²) in [6.07, 6.45) is 1.15. The molecule has 190 valence electrons. The molecule has 3 aromatic rings. The van der Waals surface area contributed by atoms with Crippen molar-refractivity contribution in [1.82, 2.24) is 8.87 Å². The average Bonchev–Trinajstić information content (AvgIpc) is 3.19. The summed E-state index contributed by atoms with van der Waals surface area (Å²) in [4.78, 5) is 14.3. The topological polar surface area (TPSA) is 77.8 Å². The van der Waals surface area contributed by atoms with Gasteiger partial charge in [0.2, 0.25) is 0 Å². The summed E-state index contributed by atoms with van der Waals surface area (Å²) in [7, 11) is 1.61. The fourth-order valence-electron chi connectivity index (χ4n) is 3.29. The van der Waals surface area contributed by atoms with Crippen LogP contribution in [0, 0.1) is 17.7 Å². The average molecular weight is 511 g/mol. The number of halogens is 1. The van der Waals surface area contributed by atoms with Crippen LogP contribution in [0.4, 0.5) is 9.18 Å². The molecular weight excluding hydrogens is 479 g/mol. The predicted molar refractivity (Wildman–Crippen MR) is 139 cm³/mol. The molecule has 0 radical (unpaired) electrons. The summed E-state index contributed by atoms with van der Waals surface area (Å²) < 4.78 is 35.3. The van der Waals surface area contributed by atoms with Crippen molar-refractivity contribution in [2.45, 2.75) is 57.3 Å². The number of nitrogens with zero attached hydrogens (tertiary/aromatic N) is 2. The van der Waals surface area contributed by atoms with Gasteiger partial charge in [-0.05, 0) is 70.5 Å². The third-order valence-electron chi connectivity index (χ3n) is 4.84. The summed E-state index contributed by atoms with van der Waals surface area (Å²) in [6.45, 7) is 8.70. The third-order valence-corrected chi connectivity index (χ3v) is 6.16. The minimum atomic E-state index is -1.74. The molecule has 1 amide bonds. The maximum absolute atomic E-state index is 14.7. The molecule has 2 aromatic carbocycles. The van der Waals surface area contributed by atoms with Gasteiger partial charge < -0.3 is 19.3 Å². The van der Waals surface area contributed by atoms with E-state index in [-0.39, 0.29) is 12.1 Å². The Hall–Kier alpha value is -3.25. The molecule has 3 rings (SSSR count). The lowest BCUT2D eigenvalue weighted by Crippen LogP contribution is -2.33. The van der Waals surface area contributed by atoms with Crippen LogP contribution in [0.3, 0.4) is 0 Å². The minimum Gasteiger partial charge on any atom is -0.587 e. The monoisotopic (exact) mass is 510 g/mol. The molecule has 1 heterocycles. The molecule has 1 atom stereocenters. The van der Waals surface area contributed by atoms with Crippen LogP contribution in [0.25, 0.3) is 11.3 Å². The molecule has 0 aliphatic heterocycles. The first-order valence-electron chi connectivity index (χ1n) is 11.4. The van der Waals surface area contributed by atoms with E-state index < -0.39 is 34.5 Å². The molecule has 1 N–H and O–H groups in total. The van der Waals surface area contributed by atoms with Gasteiger partial charge in [0.05, 0.1) is 12.7 Å². The van der Waals surface area contributed by atoms with Crippen LogP contribution in [0.5, 0.6) is 0 Å². The van der Waals surface area contributed by atoms with Crippen molar-refractivity contribution >= 4 is 17.5 Å². The third kappa shape index (κ3) is 7.37. The van der Waals surface area contributed by atoms with E-state index in [0.29, 0.717) is 21.7 Å². The lowest BCUT2D eigenvalue weighted by Gasteiger charge is -2.24. The van der Waals surface area contributed by atoms with Gasteiger partial charge in [-0.15, -0.1) is 0 Å². The summed E-state index contributed by atoms with van der Waals surface area (Å²) in [6, 6.07) is 14.8. The number of carbonyl (C=O) groups is 1. The Balaban J connectivity index is 2.00. The van der Waals surface area contributed by atoms with E-state index in [9.17, 15) is 18.8 Å². The second-order valence-electron chi connectivity index (χ2n) is 9.96. The summed E-state index contributed by atoms with van der Waals surface area (Å²) in [5, 5.41) is 9.89. The van der Waals surface area contributed by atoms with E-state index in [1.165, 1.54) is 14.9 Å². The lowest BCUT2D eigenvalue weighted by atomic mass is 10.1. The van der Waals surface area contributed by atoms with Gasteiger partial charge in [-0.25, -0.2) is 9.18 Å². The van der Waals surface area contributed by atoms with Crippen LogP contribution < -0.4 is 0 Å². The van der Waals surface area contributed by atoms with Gasteiger partial charge in [-0.1, -0.05) is 30.0 Å². The maximum atomic E-state index is 14.7. The smallest absolute Gasteiger partial charge is 0.410 e. The van der Waals surface area contributed by atoms with Crippen LogP contribution in [0.15, 0.2) is 65.7 Å². The highest BCUT2D eigenvalue weighted by atomic mass is 32.2. The second kappa shape index (κ2) is 10.8. The molecule has 0 saturated carbocycles. The zero-order chi connectivity index (χ0) is 26.7. The first-order chi connectivity index (χ1) is 16.7. The Morgan fingerprint density at radius 3 is 2.47 bits per heavy atom. The van der Waals surface area contributed by atoms with Gasteiger partial charge in [0.25, 0.3) is 0 Å². The Bertz CT molecular complexity index is 1300. The molecule has 0 aliphatic carbocycles.